The number of hydrogen-bond acceptors (Lipinski definition) is 3. The molecule has 3 nitrogen and oxygen atoms in total. The topological polar surface area (TPSA) is 46.5 Å². The van der Waals surface area contributed by atoms with Crippen LogP contribution in [0.15, 0.2) is 48.6 Å². The molecule has 1 aromatic rings. The number of aliphatic hydroxyl groups excluding tert-OH is 1. The molecule has 1 aliphatic carbocycles. The van der Waals surface area contributed by atoms with Gasteiger partial charge in [-0.25, -0.2) is 0 Å². The molecule has 1 aliphatic rings. The van der Waals surface area contributed by atoms with Crippen molar-refractivity contribution in [2.45, 2.75) is 84.2 Å². The first-order valence-electron chi connectivity index (χ1n) is 11.3. The first-order valence-corrected chi connectivity index (χ1v) is 11.3. The molecule has 3 heteroatoms. The van der Waals surface area contributed by atoms with Crippen LogP contribution in [0, 0.1) is 5.41 Å². The third-order valence-electron chi connectivity index (χ3n) is 5.96. The Morgan fingerprint density at radius 1 is 1.14 bits per heavy atom. The summed E-state index contributed by atoms with van der Waals surface area (Å²) < 4.78 is 5.57. The van der Waals surface area contributed by atoms with Crippen LogP contribution in [0.1, 0.15) is 76.3 Å². The Kier molecular flexibility index (Phi) is 10.2. The fourth-order valence-electron chi connectivity index (χ4n) is 4.23. The Balaban J connectivity index is 2.05. The van der Waals surface area contributed by atoms with Gasteiger partial charge < -0.3 is 9.84 Å². The molecule has 1 fully saturated rings. The quantitative estimate of drug-likeness (QED) is 0.285. The van der Waals surface area contributed by atoms with E-state index in [9.17, 15) is 9.90 Å². The SMILES string of the molecule is CCCCCc1ccccc1CC(/C=C/C=C\C1(CO)CCCCC1)OC(C)=O. The highest BCUT2D eigenvalue weighted by molar-refractivity contribution is 5.66. The number of hydrogen-bond donors (Lipinski definition) is 1. The van der Waals surface area contributed by atoms with Crippen LogP contribution in [0.4, 0.5) is 0 Å². The van der Waals surface area contributed by atoms with E-state index in [2.05, 4.69) is 37.3 Å². The maximum absolute atomic E-state index is 11.6. The average Bonchev–Trinajstić information content (AvgIpc) is 2.73. The fraction of sp³-hybridized carbons (Fsp3) is 0.577. The van der Waals surface area contributed by atoms with Gasteiger partial charge in [-0.2, -0.15) is 0 Å². The van der Waals surface area contributed by atoms with Crippen molar-refractivity contribution in [3.63, 3.8) is 0 Å². The van der Waals surface area contributed by atoms with Crippen molar-refractivity contribution in [2.24, 2.45) is 5.41 Å². The number of rotatable bonds is 11. The van der Waals surface area contributed by atoms with Gasteiger partial charge in [0.1, 0.15) is 6.10 Å². The van der Waals surface area contributed by atoms with Crippen molar-refractivity contribution in [3.8, 4) is 0 Å². The lowest BCUT2D eigenvalue weighted by Crippen LogP contribution is -2.25. The second kappa shape index (κ2) is 12.6. The lowest BCUT2D eigenvalue weighted by Gasteiger charge is -2.32. The van der Waals surface area contributed by atoms with E-state index in [1.54, 1.807) is 0 Å². The summed E-state index contributed by atoms with van der Waals surface area (Å²) in [5, 5.41) is 9.84. The van der Waals surface area contributed by atoms with Crippen LogP contribution >= 0.6 is 0 Å². The van der Waals surface area contributed by atoms with Gasteiger partial charge in [0, 0.05) is 18.8 Å². The van der Waals surface area contributed by atoms with Gasteiger partial charge in [-0.05, 0) is 42.9 Å². The molecule has 1 N–H and O–H groups in total. The first-order chi connectivity index (χ1) is 14.1. The fourth-order valence-corrected chi connectivity index (χ4v) is 4.23. The highest BCUT2D eigenvalue weighted by Crippen LogP contribution is 2.37. The highest BCUT2D eigenvalue weighted by Gasteiger charge is 2.28. The number of esters is 1. The van der Waals surface area contributed by atoms with Gasteiger partial charge in [0.15, 0.2) is 0 Å². The second-order valence-electron chi connectivity index (χ2n) is 8.40. The molecule has 160 valence electrons. The van der Waals surface area contributed by atoms with E-state index in [1.807, 2.05) is 18.2 Å². The van der Waals surface area contributed by atoms with E-state index in [1.165, 1.54) is 56.6 Å². The van der Waals surface area contributed by atoms with Crippen molar-refractivity contribution in [2.75, 3.05) is 6.61 Å². The summed E-state index contributed by atoms with van der Waals surface area (Å²) in [6.45, 7) is 3.89. The number of aryl methyl sites for hydroxylation is 1. The zero-order valence-corrected chi connectivity index (χ0v) is 18.2. The van der Waals surface area contributed by atoms with Crippen molar-refractivity contribution in [3.05, 3.63) is 59.7 Å². The Morgan fingerprint density at radius 3 is 2.52 bits per heavy atom. The molecule has 0 aromatic heterocycles. The third kappa shape index (κ3) is 8.18. The van der Waals surface area contributed by atoms with E-state index in [4.69, 9.17) is 4.74 Å². The summed E-state index contributed by atoms with van der Waals surface area (Å²) in [6, 6.07) is 8.47. The van der Waals surface area contributed by atoms with Crippen LogP contribution in [0.2, 0.25) is 0 Å². The molecule has 2 rings (SSSR count). The van der Waals surface area contributed by atoms with Gasteiger partial charge >= 0.3 is 5.97 Å². The predicted molar refractivity (Wildman–Crippen MR) is 120 cm³/mol. The zero-order valence-electron chi connectivity index (χ0n) is 18.2. The molecule has 0 bridgehead atoms. The summed E-state index contributed by atoms with van der Waals surface area (Å²) in [7, 11) is 0. The highest BCUT2D eigenvalue weighted by atomic mass is 16.5. The van der Waals surface area contributed by atoms with Crippen LogP contribution in [0.3, 0.4) is 0 Å². The molecular formula is C26H38O3. The number of carbonyl (C=O) groups excluding carboxylic acids is 1. The molecule has 0 aliphatic heterocycles. The maximum atomic E-state index is 11.6. The minimum absolute atomic E-state index is 0.0780. The minimum atomic E-state index is -0.277. The molecule has 0 radical (unpaired) electrons. The number of benzene rings is 1. The number of allylic oxidation sites excluding steroid dienone is 2. The van der Waals surface area contributed by atoms with Gasteiger partial charge in [-0.3, -0.25) is 4.79 Å². The molecular weight excluding hydrogens is 360 g/mol. The molecule has 1 saturated carbocycles. The maximum Gasteiger partial charge on any atom is 0.303 e. The predicted octanol–water partition coefficient (Wildman–Crippen LogP) is 5.95. The molecule has 0 spiro atoms. The minimum Gasteiger partial charge on any atom is -0.458 e. The largest absolute Gasteiger partial charge is 0.458 e. The van der Waals surface area contributed by atoms with Crippen LogP contribution in [-0.2, 0) is 22.4 Å². The first kappa shape index (κ1) is 23.4. The van der Waals surface area contributed by atoms with Gasteiger partial charge in [0.05, 0.1) is 6.61 Å². The summed E-state index contributed by atoms with van der Waals surface area (Å²) in [6.07, 6.45) is 18.9. The molecule has 1 aromatic carbocycles. The third-order valence-corrected chi connectivity index (χ3v) is 5.96. The van der Waals surface area contributed by atoms with Crippen LogP contribution in [0.25, 0.3) is 0 Å². The van der Waals surface area contributed by atoms with Crippen LogP contribution < -0.4 is 0 Å². The molecule has 0 saturated heterocycles. The number of carbonyl (C=O) groups is 1. The lowest BCUT2D eigenvalue weighted by atomic mass is 9.74. The lowest BCUT2D eigenvalue weighted by molar-refractivity contribution is -0.144. The number of unbranched alkanes of at least 4 members (excludes halogenated alkanes) is 2. The number of ether oxygens (including phenoxy) is 1. The van der Waals surface area contributed by atoms with Crippen molar-refractivity contribution in [1.29, 1.82) is 0 Å². The molecule has 29 heavy (non-hydrogen) atoms. The van der Waals surface area contributed by atoms with E-state index in [-0.39, 0.29) is 24.1 Å². The summed E-state index contributed by atoms with van der Waals surface area (Å²) in [5.41, 5.74) is 2.52. The Labute approximate surface area is 176 Å². The van der Waals surface area contributed by atoms with Crippen LogP contribution in [0.5, 0.6) is 0 Å². The van der Waals surface area contributed by atoms with Crippen molar-refractivity contribution < 1.29 is 14.6 Å². The molecule has 1 unspecified atom stereocenters. The molecule has 0 heterocycles. The summed E-state index contributed by atoms with van der Waals surface area (Å²) >= 11 is 0. The van der Waals surface area contributed by atoms with E-state index < -0.39 is 0 Å². The molecule has 0 amide bonds. The Morgan fingerprint density at radius 2 is 1.86 bits per heavy atom. The van der Waals surface area contributed by atoms with Gasteiger partial charge in [-0.1, -0.05) is 81.5 Å². The Bertz CT molecular complexity index is 668. The second-order valence-corrected chi connectivity index (χ2v) is 8.40. The molecule has 1 atom stereocenters. The van der Waals surface area contributed by atoms with Crippen LogP contribution in [-0.4, -0.2) is 23.8 Å². The standard InChI is InChI=1S/C26H38O3/c1-3-4-6-13-23-14-7-8-15-24(23)20-25(29-22(2)28)16-9-12-19-26(21-27)17-10-5-11-18-26/h7-9,12,14-16,19,25,27H,3-6,10-11,13,17-18,20-21H2,1-2H3/b16-9+,19-12-. The van der Waals surface area contributed by atoms with E-state index in [0.29, 0.717) is 6.42 Å². The smallest absolute Gasteiger partial charge is 0.303 e. The zero-order chi connectivity index (χ0) is 21.0. The summed E-state index contributed by atoms with van der Waals surface area (Å²) in [4.78, 5) is 11.6. The van der Waals surface area contributed by atoms with Gasteiger partial charge in [0.2, 0.25) is 0 Å². The van der Waals surface area contributed by atoms with Crippen molar-refractivity contribution in [1.82, 2.24) is 0 Å². The van der Waals surface area contributed by atoms with E-state index in [0.717, 1.165) is 19.3 Å². The van der Waals surface area contributed by atoms with Gasteiger partial charge in [0.25, 0.3) is 0 Å². The summed E-state index contributed by atoms with van der Waals surface area (Å²) in [5.74, 6) is -0.258. The van der Waals surface area contributed by atoms with Crippen molar-refractivity contribution >= 4 is 5.97 Å². The Hall–Kier alpha value is -1.87. The number of aliphatic hydroxyl groups is 1. The van der Waals surface area contributed by atoms with E-state index >= 15 is 0 Å². The normalized spacial score (nSPS) is 17.6. The average molecular weight is 399 g/mol. The monoisotopic (exact) mass is 398 g/mol. The van der Waals surface area contributed by atoms with Gasteiger partial charge in [-0.15, -0.1) is 0 Å².